The van der Waals surface area contributed by atoms with Crippen molar-refractivity contribution in [3.63, 3.8) is 0 Å². The maximum absolute atomic E-state index is 12.7. The quantitative estimate of drug-likeness (QED) is 0.772. The Hall–Kier alpha value is -2.05. The molecule has 2 aromatic rings. The highest BCUT2D eigenvalue weighted by Gasteiger charge is 2.20. The van der Waals surface area contributed by atoms with Crippen molar-refractivity contribution in [1.82, 2.24) is 4.31 Å². The van der Waals surface area contributed by atoms with Crippen LogP contribution in [0, 0.1) is 0 Å². The molecule has 0 N–H and O–H groups in total. The standard InChI is InChI=1S/C18H24N2O3S/c1-5-23-17-10-12-18(13-11-17)24(21,22)20(4)14-15-6-8-16(9-7-15)19(2)3/h6-13H,5,14H2,1-4H3. The van der Waals surface area contributed by atoms with E-state index in [9.17, 15) is 8.42 Å². The molecule has 2 aromatic carbocycles. The summed E-state index contributed by atoms with van der Waals surface area (Å²) in [7, 11) is 2.00. The lowest BCUT2D eigenvalue weighted by Crippen LogP contribution is -2.26. The molecule has 0 heterocycles. The fraction of sp³-hybridized carbons (Fsp3) is 0.333. The van der Waals surface area contributed by atoms with E-state index >= 15 is 0 Å². The van der Waals surface area contributed by atoms with Crippen molar-refractivity contribution < 1.29 is 13.2 Å². The van der Waals surface area contributed by atoms with E-state index in [1.807, 2.05) is 50.2 Å². The number of hydrogen-bond acceptors (Lipinski definition) is 4. The second-order valence-corrected chi connectivity index (χ2v) is 7.77. The van der Waals surface area contributed by atoms with Gasteiger partial charge >= 0.3 is 0 Å². The summed E-state index contributed by atoms with van der Waals surface area (Å²) in [5.74, 6) is 0.665. The normalized spacial score (nSPS) is 11.5. The minimum atomic E-state index is -3.53. The summed E-state index contributed by atoms with van der Waals surface area (Å²) in [5.41, 5.74) is 2.02. The van der Waals surface area contributed by atoms with Crippen molar-refractivity contribution in [3.8, 4) is 5.75 Å². The molecule has 24 heavy (non-hydrogen) atoms. The zero-order valence-corrected chi connectivity index (χ0v) is 15.4. The Morgan fingerprint density at radius 2 is 1.50 bits per heavy atom. The average Bonchev–Trinajstić information content (AvgIpc) is 2.56. The van der Waals surface area contributed by atoms with Gasteiger partial charge in [-0.2, -0.15) is 4.31 Å². The molecular formula is C18H24N2O3S. The molecule has 0 aliphatic carbocycles. The van der Waals surface area contributed by atoms with Gasteiger partial charge in [0.2, 0.25) is 10.0 Å². The van der Waals surface area contributed by atoms with Gasteiger partial charge in [0.05, 0.1) is 11.5 Å². The maximum atomic E-state index is 12.7. The first-order valence-electron chi connectivity index (χ1n) is 7.80. The average molecular weight is 348 g/mol. The Balaban J connectivity index is 2.13. The van der Waals surface area contributed by atoms with Crippen LogP contribution in [0.1, 0.15) is 12.5 Å². The summed E-state index contributed by atoms with van der Waals surface area (Å²) in [4.78, 5) is 2.27. The number of rotatable bonds is 7. The third-order valence-corrected chi connectivity index (χ3v) is 5.52. The van der Waals surface area contributed by atoms with Crippen LogP contribution in [0.3, 0.4) is 0 Å². The molecule has 0 radical (unpaired) electrons. The number of sulfonamides is 1. The van der Waals surface area contributed by atoms with E-state index in [4.69, 9.17) is 4.74 Å². The molecule has 5 nitrogen and oxygen atoms in total. The van der Waals surface area contributed by atoms with Crippen molar-refractivity contribution in [2.24, 2.45) is 0 Å². The summed E-state index contributed by atoms with van der Waals surface area (Å²) >= 11 is 0. The third kappa shape index (κ3) is 4.27. The van der Waals surface area contributed by atoms with Crippen molar-refractivity contribution >= 4 is 15.7 Å². The predicted octanol–water partition coefficient (Wildman–Crippen LogP) is 2.97. The molecule has 0 atom stereocenters. The van der Waals surface area contributed by atoms with Gasteiger partial charge in [0.1, 0.15) is 5.75 Å². The number of ether oxygens (including phenoxy) is 1. The van der Waals surface area contributed by atoms with E-state index in [-0.39, 0.29) is 4.90 Å². The van der Waals surface area contributed by atoms with Crippen molar-refractivity contribution in [2.75, 3.05) is 32.6 Å². The largest absolute Gasteiger partial charge is 0.494 e. The van der Waals surface area contributed by atoms with Crippen LogP contribution in [0.15, 0.2) is 53.4 Å². The minimum absolute atomic E-state index is 0.262. The highest BCUT2D eigenvalue weighted by atomic mass is 32.2. The Morgan fingerprint density at radius 1 is 0.917 bits per heavy atom. The maximum Gasteiger partial charge on any atom is 0.243 e. The molecule has 0 unspecified atom stereocenters. The number of benzene rings is 2. The van der Waals surface area contributed by atoms with Crippen LogP contribution in [0.2, 0.25) is 0 Å². The highest BCUT2D eigenvalue weighted by Crippen LogP contribution is 2.21. The fourth-order valence-electron chi connectivity index (χ4n) is 2.30. The Morgan fingerprint density at radius 3 is 2.00 bits per heavy atom. The molecule has 0 aliphatic rings. The number of hydrogen-bond donors (Lipinski definition) is 0. The van der Waals surface area contributed by atoms with E-state index in [2.05, 4.69) is 0 Å². The molecule has 0 aliphatic heterocycles. The number of nitrogens with zero attached hydrogens (tertiary/aromatic N) is 2. The van der Waals surface area contributed by atoms with Crippen LogP contribution in [-0.4, -0.2) is 40.5 Å². The van der Waals surface area contributed by atoms with Gasteiger partial charge in [-0.3, -0.25) is 0 Å². The Labute approximate surface area is 144 Å². The summed E-state index contributed by atoms with van der Waals surface area (Å²) in [6, 6.07) is 14.3. The van der Waals surface area contributed by atoms with Crippen molar-refractivity contribution in [2.45, 2.75) is 18.4 Å². The first kappa shape index (κ1) is 18.3. The highest BCUT2D eigenvalue weighted by molar-refractivity contribution is 7.89. The molecule has 0 bridgehead atoms. The molecular weight excluding hydrogens is 324 g/mol. The second-order valence-electron chi connectivity index (χ2n) is 5.73. The van der Waals surface area contributed by atoms with Gasteiger partial charge in [0.15, 0.2) is 0 Å². The van der Waals surface area contributed by atoms with Gasteiger partial charge in [-0.15, -0.1) is 0 Å². The summed E-state index contributed by atoms with van der Waals surface area (Å²) < 4.78 is 32.0. The minimum Gasteiger partial charge on any atom is -0.494 e. The first-order chi connectivity index (χ1) is 11.3. The number of anilines is 1. The lowest BCUT2D eigenvalue weighted by Gasteiger charge is -2.18. The second kappa shape index (κ2) is 7.68. The van der Waals surface area contributed by atoms with Gasteiger partial charge in [0, 0.05) is 33.4 Å². The summed E-state index contributed by atoms with van der Waals surface area (Å²) in [6.07, 6.45) is 0. The van der Waals surface area contributed by atoms with Gasteiger partial charge in [-0.05, 0) is 48.9 Å². The van der Waals surface area contributed by atoms with Crippen LogP contribution >= 0.6 is 0 Å². The molecule has 0 aromatic heterocycles. The van der Waals surface area contributed by atoms with Crippen molar-refractivity contribution in [3.05, 3.63) is 54.1 Å². The predicted molar refractivity (Wildman–Crippen MR) is 97.0 cm³/mol. The van der Waals surface area contributed by atoms with Crippen LogP contribution < -0.4 is 9.64 Å². The van der Waals surface area contributed by atoms with Crippen molar-refractivity contribution in [1.29, 1.82) is 0 Å². The molecule has 0 saturated heterocycles. The first-order valence-corrected chi connectivity index (χ1v) is 9.24. The summed E-state index contributed by atoms with van der Waals surface area (Å²) in [5, 5.41) is 0. The molecule has 0 fully saturated rings. The van der Waals surface area contributed by atoms with Crippen LogP contribution in [-0.2, 0) is 16.6 Å². The Kier molecular flexibility index (Phi) is 5.85. The smallest absolute Gasteiger partial charge is 0.243 e. The fourth-order valence-corrected chi connectivity index (χ4v) is 3.45. The van der Waals surface area contributed by atoms with Gasteiger partial charge in [-0.1, -0.05) is 12.1 Å². The zero-order valence-electron chi connectivity index (χ0n) is 14.6. The summed E-state index contributed by atoms with van der Waals surface area (Å²) in [6.45, 7) is 2.76. The van der Waals surface area contributed by atoms with E-state index < -0.39 is 10.0 Å². The van der Waals surface area contributed by atoms with Gasteiger partial charge < -0.3 is 9.64 Å². The van der Waals surface area contributed by atoms with E-state index in [0.717, 1.165) is 11.3 Å². The van der Waals surface area contributed by atoms with E-state index in [0.29, 0.717) is 18.9 Å². The van der Waals surface area contributed by atoms with Crippen LogP contribution in [0.5, 0.6) is 5.75 Å². The van der Waals surface area contributed by atoms with Gasteiger partial charge in [0.25, 0.3) is 0 Å². The van der Waals surface area contributed by atoms with E-state index in [1.54, 1.807) is 31.3 Å². The topological polar surface area (TPSA) is 49.9 Å². The monoisotopic (exact) mass is 348 g/mol. The Bertz CT molecular complexity index is 754. The molecule has 0 amide bonds. The molecule has 2 rings (SSSR count). The van der Waals surface area contributed by atoms with Gasteiger partial charge in [-0.25, -0.2) is 8.42 Å². The zero-order chi connectivity index (χ0) is 17.7. The lowest BCUT2D eigenvalue weighted by atomic mass is 10.2. The van der Waals surface area contributed by atoms with Crippen LogP contribution in [0.25, 0.3) is 0 Å². The molecule has 0 spiro atoms. The SMILES string of the molecule is CCOc1ccc(S(=O)(=O)N(C)Cc2ccc(N(C)C)cc2)cc1. The molecule has 130 valence electrons. The third-order valence-electron chi connectivity index (χ3n) is 3.70. The molecule has 6 heteroatoms. The van der Waals surface area contributed by atoms with E-state index in [1.165, 1.54) is 4.31 Å². The van der Waals surface area contributed by atoms with Crippen LogP contribution in [0.4, 0.5) is 5.69 Å². The molecule has 0 saturated carbocycles. The lowest BCUT2D eigenvalue weighted by molar-refractivity contribution is 0.340.